The molecule has 69 heavy (non-hydrogen) atoms. The lowest BCUT2D eigenvalue weighted by molar-refractivity contribution is -0.660. The summed E-state index contributed by atoms with van der Waals surface area (Å²) in [6, 6.07) is 34.2. The van der Waals surface area contributed by atoms with Gasteiger partial charge in [0.05, 0.1) is 0 Å². The Morgan fingerprint density at radius 1 is 0.377 bits per heavy atom. The molecule has 0 atom stereocenters. The Bertz CT molecular complexity index is 3560. The van der Waals surface area contributed by atoms with Gasteiger partial charge in [0.1, 0.15) is 28.2 Å². The fraction of sp³-hybridized carbons (Fsp3) is 0.323. The maximum atomic E-state index is 7.87. The molecule has 358 valence electrons. The zero-order chi connectivity index (χ0) is 62.6. The van der Waals surface area contributed by atoms with Crippen molar-refractivity contribution in [2.45, 2.75) is 116 Å². The molecule has 4 heteroatoms. The molecular weight excluding hydrogens is 837 g/mol. The van der Waals surface area contributed by atoms with Crippen LogP contribution in [0.25, 0.3) is 45.0 Å². The van der Waals surface area contributed by atoms with Gasteiger partial charge in [0.15, 0.2) is 24.8 Å². The molecule has 0 aliphatic carbocycles. The molecule has 0 bridgehead atoms. The fourth-order valence-corrected chi connectivity index (χ4v) is 8.49. The summed E-state index contributed by atoms with van der Waals surface area (Å²) in [6.07, 6.45) is 5.09. The summed E-state index contributed by atoms with van der Waals surface area (Å²) in [6.45, 7) is 14.1. The largest absolute Gasteiger partial charge is 0.212 e. The number of hydrogen-bond donors (Lipinski definition) is 0. The van der Waals surface area contributed by atoms with Crippen LogP contribution < -0.4 is 18.3 Å². The van der Waals surface area contributed by atoms with E-state index in [1.807, 2.05) is 6.92 Å². The van der Waals surface area contributed by atoms with Gasteiger partial charge in [-0.05, 0) is 176 Å². The van der Waals surface area contributed by atoms with Gasteiger partial charge in [-0.15, -0.1) is 0 Å². The van der Waals surface area contributed by atoms with E-state index in [9.17, 15) is 0 Å². The fourth-order valence-electron chi connectivity index (χ4n) is 8.49. The first-order chi connectivity index (χ1) is 38.1. The summed E-state index contributed by atoms with van der Waals surface area (Å²) in [7, 11) is 7.75. The topological polar surface area (TPSA) is 15.5 Å². The molecule has 0 unspecified atom stereocenters. The summed E-state index contributed by atoms with van der Waals surface area (Å²) in [5.41, 5.74) is 21.7. The molecule has 4 heterocycles. The van der Waals surface area contributed by atoms with E-state index in [-0.39, 0.29) is 16.7 Å². The van der Waals surface area contributed by atoms with Crippen molar-refractivity contribution in [3.05, 3.63) is 212 Å². The lowest BCUT2D eigenvalue weighted by atomic mass is 9.95. The van der Waals surface area contributed by atoms with Gasteiger partial charge in [0.2, 0.25) is 22.8 Å². The summed E-state index contributed by atoms with van der Waals surface area (Å²) in [4.78, 5) is 0. The molecule has 4 aromatic carbocycles. The van der Waals surface area contributed by atoms with Gasteiger partial charge < -0.3 is 0 Å². The number of pyridine rings is 4. The van der Waals surface area contributed by atoms with Crippen LogP contribution in [0.3, 0.4) is 0 Å². The molecule has 0 amide bonds. The van der Waals surface area contributed by atoms with E-state index in [0.29, 0.717) is 17.0 Å². The maximum Gasteiger partial charge on any atom is 0.212 e. The molecule has 8 aromatic rings. The number of hydrogen-bond acceptors (Lipinski definition) is 0. The Labute approximate surface area is 437 Å². The molecule has 0 fully saturated rings. The van der Waals surface area contributed by atoms with Crippen LogP contribution >= 0.6 is 0 Å². The van der Waals surface area contributed by atoms with Crippen molar-refractivity contribution in [3.8, 4) is 45.0 Å². The third-order valence-corrected chi connectivity index (χ3v) is 12.8. The van der Waals surface area contributed by atoms with Crippen LogP contribution in [0.5, 0.6) is 0 Å². The molecule has 8 rings (SSSR count). The summed E-state index contributed by atoms with van der Waals surface area (Å²) >= 11 is 0. The number of benzene rings is 4. The summed E-state index contributed by atoms with van der Waals surface area (Å²) in [5, 5.41) is 0. The van der Waals surface area contributed by atoms with E-state index < -0.39 is 33.8 Å². The summed E-state index contributed by atoms with van der Waals surface area (Å²) < 4.78 is 113. The van der Waals surface area contributed by atoms with Crippen LogP contribution in [0.1, 0.15) is 124 Å². The molecule has 0 N–H and O–H groups in total. The highest BCUT2D eigenvalue weighted by molar-refractivity contribution is 5.65. The minimum absolute atomic E-state index is 0.0931. The van der Waals surface area contributed by atoms with Gasteiger partial charge >= 0.3 is 0 Å². The van der Waals surface area contributed by atoms with E-state index in [0.717, 1.165) is 28.1 Å². The second-order valence-electron chi connectivity index (χ2n) is 18.8. The number of rotatable bonds is 6. The minimum atomic E-state index is -2.76. The Hall–Kier alpha value is -6.52. The lowest BCUT2D eigenvalue weighted by Crippen LogP contribution is -2.31. The normalized spacial score (nSPS) is 14.7. The average Bonchev–Trinajstić information content (AvgIpc) is 3.48. The zero-order valence-corrected chi connectivity index (χ0v) is 43.6. The van der Waals surface area contributed by atoms with Crippen LogP contribution in [0.4, 0.5) is 0 Å². The van der Waals surface area contributed by atoms with Crippen molar-refractivity contribution in [3.63, 3.8) is 0 Å². The van der Waals surface area contributed by atoms with Crippen LogP contribution in [0.2, 0.25) is 0 Å². The molecule has 0 radical (unpaired) electrons. The monoisotopic (exact) mass is 933 g/mol. The molecule has 0 aliphatic heterocycles. The maximum absolute atomic E-state index is 7.87. The van der Waals surface area contributed by atoms with Crippen LogP contribution in [0.15, 0.2) is 134 Å². The van der Waals surface area contributed by atoms with Crippen molar-refractivity contribution < 1.29 is 37.5 Å². The Morgan fingerprint density at radius 2 is 0.768 bits per heavy atom. The third-order valence-electron chi connectivity index (χ3n) is 12.8. The molecule has 4 aromatic heterocycles. The Balaban J connectivity index is 0.000000205. The first kappa shape index (κ1) is 36.5. The molecule has 0 spiro atoms. The molecule has 0 aliphatic rings. The van der Waals surface area contributed by atoms with Gasteiger partial charge in [-0.25, -0.2) is 18.3 Å². The van der Waals surface area contributed by atoms with Gasteiger partial charge in [0.25, 0.3) is 0 Å². The Kier molecular flexibility index (Phi) is 12.5. The van der Waals surface area contributed by atoms with Crippen molar-refractivity contribution in [1.29, 1.82) is 0 Å². The van der Waals surface area contributed by atoms with Crippen molar-refractivity contribution in [2.24, 2.45) is 28.2 Å². The lowest BCUT2D eigenvalue weighted by Gasteiger charge is -2.11. The Morgan fingerprint density at radius 3 is 1.19 bits per heavy atom. The first-order valence-corrected chi connectivity index (χ1v) is 23.5. The molecule has 0 saturated carbocycles. The second kappa shape index (κ2) is 23.7. The van der Waals surface area contributed by atoms with Crippen molar-refractivity contribution >= 4 is 0 Å². The van der Waals surface area contributed by atoms with E-state index in [2.05, 4.69) is 146 Å². The van der Waals surface area contributed by atoms with Crippen LogP contribution in [-0.4, -0.2) is 0 Å². The van der Waals surface area contributed by atoms with Gasteiger partial charge in [-0.3, -0.25) is 0 Å². The van der Waals surface area contributed by atoms with Crippen molar-refractivity contribution in [1.82, 2.24) is 0 Å². The molecular formula is C65H82N4+4. The first-order valence-electron chi connectivity index (χ1n) is 30.5. The van der Waals surface area contributed by atoms with Gasteiger partial charge in [0, 0.05) is 88.0 Å². The van der Waals surface area contributed by atoms with E-state index in [4.69, 9.17) is 19.2 Å². The highest BCUT2D eigenvalue weighted by atomic mass is 14.9. The summed E-state index contributed by atoms with van der Waals surface area (Å²) in [5.74, 6) is 0.584. The predicted molar refractivity (Wildman–Crippen MR) is 293 cm³/mol. The predicted octanol–water partition coefficient (Wildman–Crippen LogP) is 14.1. The van der Waals surface area contributed by atoms with Gasteiger partial charge in [-0.2, -0.15) is 0 Å². The molecule has 4 nitrogen and oxygen atoms in total. The van der Waals surface area contributed by atoms with E-state index in [1.165, 1.54) is 91.4 Å². The smallest absolute Gasteiger partial charge is 0.201 e. The number of aromatic nitrogens is 4. The van der Waals surface area contributed by atoms with Gasteiger partial charge in [-0.1, -0.05) is 80.4 Å². The highest BCUT2D eigenvalue weighted by Crippen LogP contribution is 2.27. The van der Waals surface area contributed by atoms with E-state index >= 15 is 0 Å². The van der Waals surface area contributed by atoms with Crippen LogP contribution in [-0.2, 0) is 34.6 Å². The second-order valence-corrected chi connectivity index (χ2v) is 18.8. The zero-order valence-electron chi connectivity index (χ0n) is 57.6. The highest BCUT2D eigenvalue weighted by Gasteiger charge is 2.17. The average molecular weight is 933 g/mol. The van der Waals surface area contributed by atoms with Crippen LogP contribution in [0, 0.1) is 82.9 Å². The standard InChI is InChI=1S/C18H24N.2C16H20N.C15H18N/c1-12(2)16-7-8-17(14(4)9-16)18-10-13(3)15(5)11-19(18)6;1-11-6-7-15(13(3)8-11)16-9-12(2)14(4)10-17(16)5;1-5-14-7-8-15(13(3)10-14)16-9-6-12(2)11-17(16)4;1-11-5-7-14(13(3)9-11)15-8-6-12(2)10-16(15)4/h7-12H,1-6H3;6-10H,1-5H3;6-11H,5H2,1-4H3;5-10H,1-4H3/q4*+1/i;;1D3,2D3,5D2;1D3,2D3. The molecule has 0 saturated heterocycles. The van der Waals surface area contributed by atoms with Crippen molar-refractivity contribution in [2.75, 3.05) is 0 Å². The quantitative estimate of drug-likeness (QED) is 0.148. The van der Waals surface area contributed by atoms with E-state index in [1.54, 1.807) is 78.8 Å². The minimum Gasteiger partial charge on any atom is -0.201 e. The SMILES string of the molecule is Cc1cc(-c2ccc(C(C)C)cc2C)[n+](C)cc1C.Cc1ccc(-c2cc(C)c(C)c[n+]2C)c(C)c1.[2H]C([2H])([2H])c1ccc(-c2ccc(C([2H])([2H])C([2H])([2H])[2H])cc2C)[n+](C)c1.[2H]C([2H])([2H])c1ccc(-c2ccc(C([2H])([2H])[2H])c[n+]2C)c(C)c1. The number of nitrogens with zero attached hydrogens (tertiary/aromatic N) is 4. The number of aryl methyl sites for hydroxylation is 17. The third kappa shape index (κ3) is 13.8.